The topological polar surface area (TPSA) is 78.4 Å². The fourth-order valence-electron chi connectivity index (χ4n) is 2.35. The van der Waals surface area contributed by atoms with Gasteiger partial charge in [0, 0.05) is 12.1 Å². The number of amides is 1. The first-order valence-corrected chi connectivity index (χ1v) is 6.66. The van der Waals surface area contributed by atoms with Crippen LogP contribution in [-0.4, -0.2) is 29.1 Å². The normalized spacial score (nSPS) is 18.9. The average Bonchev–Trinajstić information content (AvgIpc) is 2.77. The van der Waals surface area contributed by atoms with Crippen LogP contribution in [0.3, 0.4) is 0 Å². The average molecular weight is 276 g/mol. The van der Waals surface area contributed by atoms with Crippen molar-refractivity contribution in [2.75, 3.05) is 5.32 Å². The zero-order chi connectivity index (χ0) is 14.9. The number of aliphatic carboxylic acids is 1. The SMILES string of the molecule is CC(C)(C)[C@H](NC(=O)[C@@H]1Cc2ccccc2N1)C(=O)O. The molecule has 2 rings (SSSR count). The van der Waals surface area contributed by atoms with E-state index in [1.807, 2.05) is 24.3 Å². The maximum atomic E-state index is 12.2. The number of anilines is 1. The van der Waals surface area contributed by atoms with Crippen molar-refractivity contribution in [2.24, 2.45) is 5.41 Å². The number of carboxylic acid groups (broad SMARTS) is 1. The lowest BCUT2D eigenvalue weighted by Crippen LogP contribution is -2.53. The van der Waals surface area contributed by atoms with Gasteiger partial charge in [-0.25, -0.2) is 4.79 Å². The highest BCUT2D eigenvalue weighted by molar-refractivity contribution is 5.91. The van der Waals surface area contributed by atoms with Gasteiger partial charge in [0.2, 0.25) is 5.91 Å². The highest BCUT2D eigenvalue weighted by atomic mass is 16.4. The Hall–Kier alpha value is -2.04. The van der Waals surface area contributed by atoms with E-state index in [1.54, 1.807) is 20.8 Å². The van der Waals surface area contributed by atoms with Crippen LogP contribution in [0, 0.1) is 5.41 Å². The molecule has 1 aliphatic rings. The number of hydrogen-bond acceptors (Lipinski definition) is 3. The van der Waals surface area contributed by atoms with E-state index in [1.165, 1.54) is 0 Å². The van der Waals surface area contributed by atoms with Crippen molar-refractivity contribution in [1.82, 2.24) is 5.32 Å². The Morgan fingerprint density at radius 2 is 2.00 bits per heavy atom. The number of para-hydroxylation sites is 1. The summed E-state index contributed by atoms with van der Waals surface area (Å²) in [6.45, 7) is 5.38. The van der Waals surface area contributed by atoms with E-state index in [4.69, 9.17) is 0 Å². The van der Waals surface area contributed by atoms with Gasteiger partial charge in [-0.1, -0.05) is 39.0 Å². The van der Waals surface area contributed by atoms with Crippen LogP contribution in [0.1, 0.15) is 26.3 Å². The third-order valence-corrected chi connectivity index (χ3v) is 3.49. The molecular formula is C15H20N2O3. The Labute approximate surface area is 118 Å². The van der Waals surface area contributed by atoms with Crippen molar-refractivity contribution in [2.45, 2.75) is 39.3 Å². The monoisotopic (exact) mass is 276 g/mol. The second kappa shape index (κ2) is 5.15. The summed E-state index contributed by atoms with van der Waals surface area (Å²) in [6.07, 6.45) is 0.582. The molecule has 0 radical (unpaired) electrons. The van der Waals surface area contributed by atoms with Crippen LogP contribution in [0.15, 0.2) is 24.3 Å². The van der Waals surface area contributed by atoms with Gasteiger partial charge in [0.1, 0.15) is 12.1 Å². The first-order valence-electron chi connectivity index (χ1n) is 6.66. The summed E-state index contributed by atoms with van der Waals surface area (Å²) in [5.74, 6) is -1.29. The number of carbonyl (C=O) groups is 2. The van der Waals surface area contributed by atoms with Gasteiger partial charge in [-0.15, -0.1) is 0 Å². The lowest BCUT2D eigenvalue weighted by atomic mass is 9.86. The highest BCUT2D eigenvalue weighted by Crippen LogP contribution is 2.26. The molecule has 20 heavy (non-hydrogen) atoms. The van der Waals surface area contributed by atoms with E-state index in [9.17, 15) is 14.7 Å². The van der Waals surface area contributed by atoms with E-state index in [0.717, 1.165) is 11.3 Å². The minimum absolute atomic E-state index is 0.275. The Kier molecular flexibility index (Phi) is 3.70. The van der Waals surface area contributed by atoms with Gasteiger partial charge in [0.05, 0.1) is 0 Å². The summed E-state index contributed by atoms with van der Waals surface area (Å²) in [7, 11) is 0. The zero-order valence-corrected chi connectivity index (χ0v) is 11.9. The third-order valence-electron chi connectivity index (χ3n) is 3.49. The number of carboxylic acids is 1. The summed E-state index contributed by atoms with van der Waals surface area (Å²) in [6, 6.07) is 6.41. The van der Waals surface area contributed by atoms with Gasteiger partial charge in [-0.3, -0.25) is 4.79 Å². The van der Waals surface area contributed by atoms with Crippen molar-refractivity contribution >= 4 is 17.6 Å². The number of fused-ring (bicyclic) bond motifs is 1. The maximum absolute atomic E-state index is 12.2. The Balaban J connectivity index is 2.05. The van der Waals surface area contributed by atoms with Crippen molar-refractivity contribution in [3.8, 4) is 0 Å². The molecule has 108 valence electrons. The number of rotatable bonds is 3. The summed E-state index contributed by atoms with van der Waals surface area (Å²) in [5.41, 5.74) is 1.48. The van der Waals surface area contributed by atoms with E-state index in [-0.39, 0.29) is 5.91 Å². The fourth-order valence-corrected chi connectivity index (χ4v) is 2.35. The molecule has 5 nitrogen and oxygen atoms in total. The molecule has 0 unspecified atom stereocenters. The predicted octanol–water partition coefficient (Wildman–Crippen LogP) is 1.64. The maximum Gasteiger partial charge on any atom is 0.326 e. The summed E-state index contributed by atoms with van der Waals surface area (Å²) < 4.78 is 0. The second-order valence-electron chi connectivity index (χ2n) is 6.20. The van der Waals surface area contributed by atoms with Gasteiger partial charge in [0.25, 0.3) is 0 Å². The van der Waals surface area contributed by atoms with Gasteiger partial charge in [0.15, 0.2) is 0 Å². The summed E-state index contributed by atoms with van der Waals surface area (Å²) in [4.78, 5) is 23.5. The van der Waals surface area contributed by atoms with Crippen LogP contribution >= 0.6 is 0 Å². The largest absolute Gasteiger partial charge is 0.480 e. The molecule has 1 amide bonds. The van der Waals surface area contributed by atoms with Gasteiger partial charge in [-0.05, 0) is 17.0 Å². The van der Waals surface area contributed by atoms with Crippen LogP contribution in [0.25, 0.3) is 0 Å². The lowest BCUT2D eigenvalue weighted by molar-refractivity contribution is -0.145. The fraction of sp³-hybridized carbons (Fsp3) is 0.467. The smallest absolute Gasteiger partial charge is 0.326 e. The first kappa shape index (κ1) is 14.4. The first-order chi connectivity index (χ1) is 9.29. The van der Waals surface area contributed by atoms with E-state index in [2.05, 4.69) is 10.6 Å². The van der Waals surface area contributed by atoms with E-state index >= 15 is 0 Å². The molecule has 1 aromatic carbocycles. The predicted molar refractivity (Wildman–Crippen MR) is 76.6 cm³/mol. The van der Waals surface area contributed by atoms with E-state index < -0.39 is 23.5 Å². The molecule has 2 atom stereocenters. The van der Waals surface area contributed by atoms with Crippen molar-refractivity contribution in [3.63, 3.8) is 0 Å². The minimum Gasteiger partial charge on any atom is -0.480 e. The molecule has 0 saturated heterocycles. The van der Waals surface area contributed by atoms with Crippen LogP contribution < -0.4 is 10.6 Å². The molecule has 1 heterocycles. The number of benzene rings is 1. The van der Waals surface area contributed by atoms with Gasteiger partial charge >= 0.3 is 5.97 Å². The molecular weight excluding hydrogens is 256 g/mol. The third kappa shape index (κ3) is 2.92. The number of hydrogen-bond donors (Lipinski definition) is 3. The number of carbonyl (C=O) groups excluding carboxylic acids is 1. The van der Waals surface area contributed by atoms with Crippen molar-refractivity contribution in [3.05, 3.63) is 29.8 Å². The Morgan fingerprint density at radius 1 is 1.35 bits per heavy atom. The summed E-state index contributed by atoms with van der Waals surface area (Å²) in [5, 5.41) is 15.0. The van der Waals surface area contributed by atoms with Crippen molar-refractivity contribution < 1.29 is 14.7 Å². The molecule has 1 aromatic rings. The Bertz CT molecular complexity index is 509. The van der Waals surface area contributed by atoms with Crippen LogP contribution in [0.5, 0.6) is 0 Å². The molecule has 0 bridgehead atoms. The molecule has 0 saturated carbocycles. The second-order valence-corrected chi connectivity index (χ2v) is 6.20. The van der Waals surface area contributed by atoms with Crippen molar-refractivity contribution in [1.29, 1.82) is 0 Å². The van der Waals surface area contributed by atoms with E-state index in [0.29, 0.717) is 6.42 Å². The van der Waals surface area contributed by atoms with Gasteiger partial charge in [-0.2, -0.15) is 0 Å². The zero-order valence-electron chi connectivity index (χ0n) is 11.9. The Morgan fingerprint density at radius 3 is 2.55 bits per heavy atom. The van der Waals surface area contributed by atoms with Crippen LogP contribution in [0.2, 0.25) is 0 Å². The van der Waals surface area contributed by atoms with Crippen LogP contribution in [0.4, 0.5) is 5.69 Å². The standard InChI is InChI=1S/C15H20N2O3/c1-15(2,3)12(14(19)20)17-13(18)11-8-9-6-4-5-7-10(9)16-11/h4-7,11-12,16H,8H2,1-3H3,(H,17,18)(H,19,20)/t11-,12+/m0/s1. The molecule has 0 fully saturated rings. The van der Waals surface area contributed by atoms with Crippen LogP contribution in [-0.2, 0) is 16.0 Å². The molecule has 3 N–H and O–H groups in total. The lowest BCUT2D eigenvalue weighted by Gasteiger charge is -2.28. The quantitative estimate of drug-likeness (QED) is 0.784. The minimum atomic E-state index is -1.01. The molecule has 0 aromatic heterocycles. The summed E-state index contributed by atoms with van der Waals surface area (Å²) >= 11 is 0. The van der Waals surface area contributed by atoms with Gasteiger partial charge < -0.3 is 15.7 Å². The molecule has 5 heteroatoms. The molecule has 0 spiro atoms. The molecule has 0 aliphatic carbocycles. The highest BCUT2D eigenvalue weighted by Gasteiger charge is 2.35. The molecule has 1 aliphatic heterocycles. The number of nitrogens with one attached hydrogen (secondary N) is 2.